The van der Waals surface area contributed by atoms with Crippen LogP contribution < -0.4 is 20.7 Å². The third-order valence-corrected chi connectivity index (χ3v) is 6.52. The van der Waals surface area contributed by atoms with Crippen LogP contribution in [0.1, 0.15) is 45.5 Å². The molecule has 1 spiro atoms. The van der Waals surface area contributed by atoms with Gasteiger partial charge in [0.1, 0.15) is 5.52 Å². The van der Waals surface area contributed by atoms with Crippen LogP contribution in [0, 0.1) is 11.3 Å². The number of aliphatic hydroxyl groups excluding tert-OH is 1. The lowest BCUT2D eigenvalue weighted by Gasteiger charge is -2.19. The average Bonchev–Trinajstić information content (AvgIpc) is 3.74. The van der Waals surface area contributed by atoms with E-state index in [4.69, 9.17) is 8.85 Å². The number of aromatic nitrogens is 4. The first-order valence-corrected chi connectivity index (χ1v) is 10.8. The summed E-state index contributed by atoms with van der Waals surface area (Å²) in [5.41, 5.74) is -1.13. The number of ether oxygens (including phenoxy) is 1. The molecule has 190 valence electrons. The molecule has 0 bridgehead atoms. The molecule has 2 amide bonds. The maximum absolute atomic E-state index is 13.3. The highest BCUT2D eigenvalue weighted by Gasteiger charge is 2.65. The normalized spacial score (nSPS) is 20.1. The van der Waals surface area contributed by atoms with E-state index in [-0.39, 0.29) is 45.7 Å². The number of pyridine rings is 1. The molecule has 0 saturated heterocycles. The van der Waals surface area contributed by atoms with Crippen LogP contribution in [0.5, 0.6) is 5.75 Å². The molecular formula is C22H22F3N7O4. The Kier molecular flexibility index (Phi) is 4.69. The molecule has 0 aromatic carbocycles. The van der Waals surface area contributed by atoms with Crippen LogP contribution in [0.15, 0.2) is 24.5 Å². The van der Waals surface area contributed by atoms with E-state index in [1.807, 2.05) is 0 Å². The Balaban J connectivity index is 1.53. The monoisotopic (exact) mass is 508 g/mol. The van der Waals surface area contributed by atoms with Crippen LogP contribution in [0.2, 0.25) is 0 Å². The predicted octanol–water partition coefficient (Wildman–Crippen LogP) is 2.57. The minimum atomic E-state index is -4.98. The number of carbonyl (C=O) groups is 2. The first-order valence-electron chi connectivity index (χ1n) is 12.3. The van der Waals surface area contributed by atoms with Crippen LogP contribution in [0.4, 0.5) is 30.4 Å². The summed E-state index contributed by atoms with van der Waals surface area (Å²) in [6, 6.07) is 2.24. The van der Waals surface area contributed by atoms with Gasteiger partial charge in [0.15, 0.2) is 23.4 Å². The number of rotatable bonds is 7. The molecule has 5 rings (SSSR count). The van der Waals surface area contributed by atoms with Gasteiger partial charge in [-0.3, -0.25) is 9.59 Å². The first kappa shape index (κ1) is 20.3. The van der Waals surface area contributed by atoms with E-state index in [1.54, 1.807) is 5.32 Å². The molecule has 3 heterocycles. The Labute approximate surface area is 206 Å². The lowest BCUT2D eigenvalue weighted by molar-refractivity contribution is -0.207. The smallest absolute Gasteiger partial charge is 0.418 e. The van der Waals surface area contributed by atoms with Gasteiger partial charge < -0.3 is 25.8 Å². The van der Waals surface area contributed by atoms with Crippen molar-refractivity contribution >= 4 is 34.5 Å². The van der Waals surface area contributed by atoms with E-state index in [2.05, 4.69) is 25.9 Å². The van der Waals surface area contributed by atoms with E-state index in [0.717, 1.165) is 32.4 Å². The van der Waals surface area contributed by atoms with Crippen molar-refractivity contribution in [1.29, 1.82) is 0 Å². The molecule has 11 nitrogen and oxygen atoms in total. The Morgan fingerprint density at radius 1 is 1.33 bits per heavy atom. The SMILES string of the molecule is [2H]C([2H])([2H])NC(=O)c1nnc(NC(=O)C2CC23CC3)cc1Nc1cnn2ccc([C@H](O)C(F)(F)F)c(OC)c12. The molecule has 2 atom stereocenters. The molecule has 3 aromatic rings. The van der Waals surface area contributed by atoms with Crippen LogP contribution in [-0.2, 0) is 4.79 Å². The second kappa shape index (κ2) is 8.33. The Bertz CT molecular complexity index is 1470. The van der Waals surface area contributed by atoms with Gasteiger partial charge in [0.05, 0.1) is 24.7 Å². The zero-order chi connectivity index (χ0) is 28.3. The van der Waals surface area contributed by atoms with Crippen molar-refractivity contribution in [3.63, 3.8) is 0 Å². The molecule has 2 saturated carbocycles. The molecule has 14 heteroatoms. The fourth-order valence-corrected chi connectivity index (χ4v) is 4.33. The van der Waals surface area contributed by atoms with E-state index >= 15 is 0 Å². The summed E-state index contributed by atoms with van der Waals surface area (Å²) in [4.78, 5) is 25.3. The van der Waals surface area contributed by atoms with Gasteiger partial charge in [0.2, 0.25) is 5.91 Å². The minimum Gasteiger partial charge on any atom is -0.494 e. The number of nitrogens with zero attached hydrogens (tertiary/aromatic N) is 4. The van der Waals surface area contributed by atoms with E-state index < -0.39 is 36.4 Å². The standard InChI is InChI=1S/C22H22F3N7O4/c1-26-20(35)15-12(7-14(30-31-15)29-19(34)11-8-21(11)4-5-21)28-13-9-27-32-6-3-10(17(36-2)16(13)32)18(33)22(23,24)25/h3,6-7,9,11,18,33H,4-5,8H2,1-2H3,(H,26,35)(H2,28,29,30,34)/t11?,18-/m0/s1/i1D3. The predicted molar refractivity (Wildman–Crippen MR) is 120 cm³/mol. The molecule has 36 heavy (non-hydrogen) atoms. The number of hydrogen-bond acceptors (Lipinski definition) is 8. The number of nitrogens with one attached hydrogen (secondary N) is 3. The zero-order valence-electron chi connectivity index (χ0n) is 21.7. The summed E-state index contributed by atoms with van der Waals surface area (Å²) >= 11 is 0. The summed E-state index contributed by atoms with van der Waals surface area (Å²) in [5.74, 6) is -1.94. The first-order chi connectivity index (χ1) is 18.2. The number of hydrogen-bond donors (Lipinski definition) is 4. The summed E-state index contributed by atoms with van der Waals surface area (Å²) in [6.45, 7) is -2.86. The minimum absolute atomic E-state index is 0.0235. The molecule has 2 aliphatic carbocycles. The number of methoxy groups -OCH3 is 1. The van der Waals surface area contributed by atoms with Crippen molar-refractivity contribution in [3.05, 3.63) is 35.8 Å². The maximum Gasteiger partial charge on any atom is 0.418 e. The molecule has 0 radical (unpaired) electrons. The van der Waals surface area contributed by atoms with E-state index in [0.29, 0.717) is 0 Å². The lowest BCUT2D eigenvalue weighted by atomic mass is 10.1. The van der Waals surface area contributed by atoms with Gasteiger partial charge in [0, 0.05) is 34.8 Å². The fraction of sp³-hybridized carbons (Fsp3) is 0.409. The van der Waals surface area contributed by atoms with Crippen molar-refractivity contribution in [2.75, 3.05) is 24.7 Å². The molecule has 0 aliphatic heterocycles. The van der Waals surface area contributed by atoms with Gasteiger partial charge in [-0.2, -0.15) is 18.3 Å². The van der Waals surface area contributed by atoms with Gasteiger partial charge in [0.25, 0.3) is 5.91 Å². The second-order valence-corrected chi connectivity index (χ2v) is 8.78. The zero-order valence-corrected chi connectivity index (χ0v) is 18.7. The Morgan fingerprint density at radius 3 is 2.75 bits per heavy atom. The van der Waals surface area contributed by atoms with Crippen LogP contribution >= 0.6 is 0 Å². The average molecular weight is 508 g/mol. The molecular weight excluding hydrogens is 483 g/mol. The highest BCUT2D eigenvalue weighted by Crippen LogP contribution is 2.70. The fourth-order valence-electron chi connectivity index (χ4n) is 4.33. The Morgan fingerprint density at radius 2 is 2.11 bits per heavy atom. The van der Waals surface area contributed by atoms with Crippen LogP contribution in [0.3, 0.4) is 0 Å². The number of alkyl halides is 3. The van der Waals surface area contributed by atoms with Crippen molar-refractivity contribution in [2.24, 2.45) is 11.3 Å². The quantitative estimate of drug-likeness (QED) is 0.381. The van der Waals surface area contributed by atoms with E-state index in [9.17, 15) is 27.9 Å². The summed E-state index contributed by atoms with van der Waals surface area (Å²) in [7, 11) is 1.11. The van der Waals surface area contributed by atoms with Gasteiger partial charge in [-0.15, -0.1) is 10.2 Å². The van der Waals surface area contributed by atoms with Crippen molar-refractivity contribution in [1.82, 2.24) is 25.1 Å². The highest BCUT2D eigenvalue weighted by molar-refractivity contribution is 6.00. The maximum atomic E-state index is 13.3. The second-order valence-electron chi connectivity index (χ2n) is 8.78. The molecule has 2 fully saturated rings. The van der Waals surface area contributed by atoms with Crippen molar-refractivity contribution < 1.29 is 36.7 Å². The van der Waals surface area contributed by atoms with Gasteiger partial charge in [-0.1, -0.05) is 0 Å². The highest BCUT2D eigenvalue weighted by atomic mass is 19.4. The number of anilines is 3. The van der Waals surface area contributed by atoms with Crippen molar-refractivity contribution in [3.8, 4) is 5.75 Å². The van der Waals surface area contributed by atoms with Crippen LogP contribution in [0.25, 0.3) is 5.52 Å². The third-order valence-electron chi connectivity index (χ3n) is 6.52. The number of carbonyl (C=O) groups excluding carboxylic acids is 2. The summed E-state index contributed by atoms with van der Waals surface area (Å²) in [5, 5.41) is 28.8. The van der Waals surface area contributed by atoms with Crippen molar-refractivity contribution in [2.45, 2.75) is 31.5 Å². The largest absolute Gasteiger partial charge is 0.494 e. The van der Waals surface area contributed by atoms with Gasteiger partial charge in [-0.05, 0) is 30.7 Å². The third kappa shape index (κ3) is 4.06. The topological polar surface area (TPSA) is 143 Å². The van der Waals surface area contributed by atoms with Gasteiger partial charge in [-0.25, -0.2) is 4.52 Å². The van der Waals surface area contributed by atoms with E-state index in [1.165, 1.54) is 23.0 Å². The number of fused-ring (bicyclic) bond motifs is 1. The summed E-state index contributed by atoms with van der Waals surface area (Å²) < 4.78 is 68.2. The molecule has 1 unspecified atom stereocenters. The van der Waals surface area contributed by atoms with Crippen LogP contribution in [-0.4, -0.2) is 57.0 Å². The molecule has 4 N–H and O–H groups in total. The molecule has 2 aliphatic rings. The Hall–Kier alpha value is -3.94. The number of amides is 2. The number of halogens is 3. The van der Waals surface area contributed by atoms with Gasteiger partial charge >= 0.3 is 6.18 Å². The number of aliphatic hydroxyl groups is 1. The lowest BCUT2D eigenvalue weighted by Crippen LogP contribution is -2.22. The summed E-state index contributed by atoms with van der Waals surface area (Å²) in [6.07, 6.45) is -2.74. The molecule has 3 aromatic heterocycles.